The third-order valence-electron chi connectivity index (χ3n) is 3.07. The minimum absolute atomic E-state index is 0.351. The molecule has 0 aromatic heterocycles. The van der Waals surface area contributed by atoms with E-state index >= 15 is 0 Å². The lowest BCUT2D eigenvalue weighted by Crippen LogP contribution is -2.44. The number of aliphatic carboxylic acids is 1. The molecule has 0 bridgehead atoms. The molecular weight excluding hydrogens is 238 g/mol. The van der Waals surface area contributed by atoms with Crippen LogP contribution in [0, 0.1) is 5.92 Å². The van der Waals surface area contributed by atoms with E-state index in [-0.39, 0.29) is 0 Å². The lowest BCUT2D eigenvalue weighted by Gasteiger charge is -2.30. The number of carbonyl (C=O) groups is 1. The summed E-state index contributed by atoms with van der Waals surface area (Å²) in [5.41, 5.74) is 0. The zero-order valence-corrected chi connectivity index (χ0v) is 9.61. The molecule has 0 saturated carbocycles. The fourth-order valence-corrected chi connectivity index (χ4v) is 2.08. The first-order valence-corrected chi connectivity index (χ1v) is 5.82. The Bertz CT molecular complexity index is 439. The lowest BCUT2D eigenvalue weighted by molar-refractivity contribution is -0.324. The van der Waals surface area contributed by atoms with E-state index in [0.29, 0.717) is 30.9 Å². The summed E-state index contributed by atoms with van der Waals surface area (Å²) in [5, 5.41) is 10.3. The number of para-hydroxylation sites is 2. The number of hydroxylamine groups is 2. The van der Waals surface area contributed by atoms with Crippen molar-refractivity contribution in [1.82, 2.24) is 5.23 Å². The quantitative estimate of drug-likeness (QED) is 0.857. The average molecular weight is 251 g/mol. The summed E-state index contributed by atoms with van der Waals surface area (Å²) in [4.78, 5) is 21.9. The molecule has 96 valence electrons. The molecule has 2 atom stereocenters. The molecule has 1 aromatic rings. The molecule has 3 rings (SSSR count). The second kappa shape index (κ2) is 4.47. The SMILES string of the molecule is O=C(O)C1CCOC(N2Oc3ccccc3O2)C1. The van der Waals surface area contributed by atoms with Crippen molar-refractivity contribution in [2.24, 2.45) is 5.92 Å². The smallest absolute Gasteiger partial charge is 0.306 e. The first-order valence-electron chi connectivity index (χ1n) is 5.82. The van der Waals surface area contributed by atoms with Crippen LogP contribution in [0.4, 0.5) is 0 Å². The number of hydrogen-bond acceptors (Lipinski definition) is 5. The first kappa shape index (κ1) is 11.3. The molecular formula is C12H13NO5. The summed E-state index contributed by atoms with van der Waals surface area (Å²) in [7, 11) is 0. The van der Waals surface area contributed by atoms with Gasteiger partial charge in [0.25, 0.3) is 0 Å². The van der Waals surface area contributed by atoms with Crippen molar-refractivity contribution in [2.75, 3.05) is 6.61 Å². The van der Waals surface area contributed by atoms with Crippen molar-refractivity contribution in [2.45, 2.75) is 19.1 Å². The molecule has 0 spiro atoms. The number of ether oxygens (including phenoxy) is 1. The molecule has 0 radical (unpaired) electrons. The number of rotatable bonds is 2. The van der Waals surface area contributed by atoms with Gasteiger partial charge in [0.2, 0.25) is 0 Å². The fourth-order valence-electron chi connectivity index (χ4n) is 2.08. The molecule has 0 aliphatic carbocycles. The predicted molar refractivity (Wildman–Crippen MR) is 59.6 cm³/mol. The van der Waals surface area contributed by atoms with E-state index in [1.807, 2.05) is 12.1 Å². The maximum atomic E-state index is 11.0. The van der Waals surface area contributed by atoms with Gasteiger partial charge in [0.15, 0.2) is 17.7 Å². The maximum absolute atomic E-state index is 11.0. The van der Waals surface area contributed by atoms with Gasteiger partial charge < -0.3 is 19.5 Å². The summed E-state index contributed by atoms with van der Waals surface area (Å²) in [6, 6.07) is 7.25. The highest BCUT2D eigenvalue weighted by Gasteiger charge is 2.37. The summed E-state index contributed by atoms with van der Waals surface area (Å²) < 4.78 is 5.49. The van der Waals surface area contributed by atoms with Gasteiger partial charge >= 0.3 is 5.97 Å². The lowest BCUT2D eigenvalue weighted by atomic mass is 9.99. The van der Waals surface area contributed by atoms with Crippen molar-refractivity contribution in [3.8, 4) is 11.5 Å². The highest BCUT2D eigenvalue weighted by Crippen LogP contribution is 2.36. The van der Waals surface area contributed by atoms with Gasteiger partial charge in [0.05, 0.1) is 11.1 Å². The molecule has 1 N–H and O–H groups in total. The second-order valence-corrected chi connectivity index (χ2v) is 4.30. The molecule has 2 heterocycles. The Labute approximate surface area is 104 Å². The molecule has 2 aliphatic heterocycles. The van der Waals surface area contributed by atoms with E-state index < -0.39 is 18.1 Å². The van der Waals surface area contributed by atoms with Crippen LogP contribution in [0.15, 0.2) is 24.3 Å². The van der Waals surface area contributed by atoms with Crippen LogP contribution in [0.3, 0.4) is 0 Å². The van der Waals surface area contributed by atoms with Crippen LogP contribution in [0.25, 0.3) is 0 Å². The Morgan fingerprint density at radius 1 is 1.28 bits per heavy atom. The summed E-state index contributed by atoms with van der Waals surface area (Å²) in [6.45, 7) is 0.390. The monoisotopic (exact) mass is 251 g/mol. The van der Waals surface area contributed by atoms with Crippen molar-refractivity contribution >= 4 is 5.97 Å². The third kappa shape index (κ3) is 2.00. The van der Waals surface area contributed by atoms with Gasteiger partial charge in [-0.2, -0.15) is 0 Å². The van der Waals surface area contributed by atoms with E-state index in [4.69, 9.17) is 19.5 Å². The summed E-state index contributed by atoms with van der Waals surface area (Å²) >= 11 is 0. The van der Waals surface area contributed by atoms with Crippen LogP contribution in [0.1, 0.15) is 12.8 Å². The summed E-state index contributed by atoms with van der Waals surface area (Å²) in [5.74, 6) is -0.00299. The van der Waals surface area contributed by atoms with Gasteiger partial charge in [-0.1, -0.05) is 12.1 Å². The van der Waals surface area contributed by atoms with Crippen LogP contribution < -0.4 is 9.68 Å². The van der Waals surface area contributed by atoms with Gasteiger partial charge in [0.1, 0.15) is 0 Å². The van der Waals surface area contributed by atoms with E-state index in [9.17, 15) is 4.79 Å². The van der Waals surface area contributed by atoms with Crippen LogP contribution in [0.2, 0.25) is 0 Å². The molecule has 1 aromatic carbocycles. The zero-order chi connectivity index (χ0) is 12.5. The van der Waals surface area contributed by atoms with Crippen molar-refractivity contribution in [3.63, 3.8) is 0 Å². The predicted octanol–water partition coefficient (Wildman–Crippen LogP) is 1.43. The van der Waals surface area contributed by atoms with E-state index in [1.165, 1.54) is 5.23 Å². The Hall–Kier alpha value is -1.79. The largest absolute Gasteiger partial charge is 0.481 e. The highest BCUT2D eigenvalue weighted by molar-refractivity contribution is 5.70. The Balaban J connectivity index is 1.69. The Kier molecular flexibility index (Phi) is 2.81. The van der Waals surface area contributed by atoms with E-state index in [0.717, 1.165) is 0 Å². The van der Waals surface area contributed by atoms with E-state index in [2.05, 4.69) is 0 Å². The normalized spacial score (nSPS) is 27.1. The van der Waals surface area contributed by atoms with Gasteiger partial charge in [0, 0.05) is 13.0 Å². The molecule has 2 unspecified atom stereocenters. The average Bonchev–Trinajstić information content (AvgIpc) is 2.82. The molecule has 6 nitrogen and oxygen atoms in total. The molecule has 2 aliphatic rings. The van der Waals surface area contributed by atoms with Gasteiger partial charge in [-0.25, -0.2) is 0 Å². The second-order valence-electron chi connectivity index (χ2n) is 4.30. The topological polar surface area (TPSA) is 68.2 Å². The van der Waals surface area contributed by atoms with E-state index in [1.54, 1.807) is 12.1 Å². The van der Waals surface area contributed by atoms with Crippen LogP contribution in [0.5, 0.6) is 11.5 Å². The van der Waals surface area contributed by atoms with Gasteiger partial charge in [-0.3, -0.25) is 4.79 Å². The fraction of sp³-hybridized carbons (Fsp3) is 0.417. The van der Waals surface area contributed by atoms with Crippen molar-refractivity contribution < 1.29 is 24.3 Å². The molecule has 6 heteroatoms. The first-order chi connectivity index (χ1) is 8.74. The standard InChI is InChI=1S/C12H13NO5/c14-12(15)8-5-6-16-11(7-8)13-17-9-3-1-2-4-10(9)18-13/h1-4,8,11H,5-7H2,(H,14,15). The number of carboxylic acids is 1. The maximum Gasteiger partial charge on any atom is 0.306 e. The number of carboxylic acid groups (broad SMARTS) is 1. The van der Waals surface area contributed by atoms with Crippen LogP contribution in [-0.4, -0.2) is 29.1 Å². The highest BCUT2D eigenvalue weighted by atomic mass is 17.0. The molecule has 1 saturated heterocycles. The molecule has 0 amide bonds. The van der Waals surface area contributed by atoms with Crippen molar-refractivity contribution in [3.05, 3.63) is 24.3 Å². The number of hydrogen-bond donors (Lipinski definition) is 1. The third-order valence-corrected chi connectivity index (χ3v) is 3.07. The van der Waals surface area contributed by atoms with Crippen LogP contribution in [-0.2, 0) is 9.53 Å². The van der Waals surface area contributed by atoms with Crippen molar-refractivity contribution in [1.29, 1.82) is 0 Å². The Morgan fingerprint density at radius 3 is 2.56 bits per heavy atom. The molecule has 18 heavy (non-hydrogen) atoms. The minimum Gasteiger partial charge on any atom is -0.481 e. The summed E-state index contributed by atoms with van der Waals surface area (Å²) in [6.07, 6.45) is 0.378. The molecule has 1 fully saturated rings. The Morgan fingerprint density at radius 2 is 1.94 bits per heavy atom. The number of fused-ring (bicyclic) bond motifs is 1. The number of benzene rings is 1. The van der Waals surface area contributed by atoms with Gasteiger partial charge in [-0.15, -0.1) is 0 Å². The zero-order valence-electron chi connectivity index (χ0n) is 9.61. The van der Waals surface area contributed by atoms with Crippen LogP contribution >= 0.6 is 0 Å². The van der Waals surface area contributed by atoms with Gasteiger partial charge in [-0.05, 0) is 18.6 Å². The minimum atomic E-state index is -0.806. The number of nitrogens with zero attached hydrogens (tertiary/aromatic N) is 1.